The van der Waals surface area contributed by atoms with Crippen molar-refractivity contribution in [1.82, 2.24) is 15.3 Å². The summed E-state index contributed by atoms with van der Waals surface area (Å²) in [6, 6.07) is 0. The van der Waals surface area contributed by atoms with Crippen molar-refractivity contribution in [3.05, 3.63) is 18.6 Å². The highest BCUT2D eigenvalue weighted by Crippen LogP contribution is 2.21. The fourth-order valence-corrected chi connectivity index (χ4v) is 2.76. The third-order valence-electron chi connectivity index (χ3n) is 4.11. The van der Waals surface area contributed by atoms with E-state index in [4.69, 9.17) is 5.11 Å². The van der Waals surface area contributed by atoms with Gasteiger partial charge in [-0.05, 0) is 25.7 Å². The highest BCUT2D eigenvalue weighted by Gasteiger charge is 2.25. The Balaban J connectivity index is 1.61. The average Bonchev–Trinajstić information content (AvgIpc) is 2.58. The van der Waals surface area contributed by atoms with Crippen molar-refractivity contribution in [3.63, 3.8) is 0 Å². The third kappa shape index (κ3) is 5.84. The summed E-state index contributed by atoms with van der Waals surface area (Å²) >= 11 is 0. The molecule has 0 aromatic carbocycles. The van der Waals surface area contributed by atoms with Crippen LogP contribution in [0.1, 0.15) is 38.5 Å². The van der Waals surface area contributed by atoms with Crippen LogP contribution in [0.4, 0.5) is 5.82 Å². The molecule has 0 unspecified atom stereocenters. The van der Waals surface area contributed by atoms with Gasteiger partial charge in [0.2, 0.25) is 5.91 Å². The molecule has 1 aliphatic heterocycles. The Bertz CT molecular complexity index is 501. The highest BCUT2D eigenvalue weighted by atomic mass is 16.4. The van der Waals surface area contributed by atoms with Crippen molar-refractivity contribution in [2.75, 3.05) is 24.5 Å². The van der Waals surface area contributed by atoms with Crippen LogP contribution in [0.25, 0.3) is 0 Å². The Morgan fingerprint density at radius 1 is 1.22 bits per heavy atom. The molecule has 23 heavy (non-hydrogen) atoms. The Kier molecular flexibility index (Phi) is 6.77. The molecule has 0 saturated carbocycles. The molecule has 0 bridgehead atoms. The normalized spacial score (nSPS) is 15.4. The van der Waals surface area contributed by atoms with Crippen LogP contribution in [0.15, 0.2) is 18.6 Å². The van der Waals surface area contributed by atoms with Crippen LogP contribution < -0.4 is 10.2 Å². The number of carboxylic acid groups (broad SMARTS) is 1. The van der Waals surface area contributed by atoms with Crippen molar-refractivity contribution < 1.29 is 14.7 Å². The number of carboxylic acids is 1. The average molecular weight is 320 g/mol. The lowest BCUT2D eigenvalue weighted by Crippen LogP contribution is -2.41. The molecule has 7 heteroatoms. The molecule has 1 amide bonds. The van der Waals surface area contributed by atoms with E-state index in [9.17, 15) is 9.59 Å². The first-order valence-corrected chi connectivity index (χ1v) is 8.17. The van der Waals surface area contributed by atoms with Crippen molar-refractivity contribution in [3.8, 4) is 0 Å². The predicted molar refractivity (Wildman–Crippen MR) is 86.1 cm³/mol. The van der Waals surface area contributed by atoms with E-state index in [0.717, 1.165) is 44.6 Å². The Hall–Kier alpha value is -2.18. The van der Waals surface area contributed by atoms with Gasteiger partial charge in [-0.25, -0.2) is 4.98 Å². The van der Waals surface area contributed by atoms with Gasteiger partial charge in [0.25, 0.3) is 0 Å². The van der Waals surface area contributed by atoms with Crippen LogP contribution in [-0.4, -0.2) is 46.6 Å². The number of hydrogen-bond donors (Lipinski definition) is 2. The number of unbranched alkanes of at least 4 members (excludes halogenated alkanes) is 2. The standard InChI is InChI=1S/C16H24N4O3/c21-15(22)4-2-1-3-7-19-16(23)13-5-10-20(11-6-13)14-12-17-8-9-18-14/h8-9,12-13H,1-7,10-11H2,(H,19,23)(H,21,22). The topological polar surface area (TPSA) is 95.4 Å². The summed E-state index contributed by atoms with van der Waals surface area (Å²) in [5, 5.41) is 11.5. The summed E-state index contributed by atoms with van der Waals surface area (Å²) in [5.74, 6) is 0.276. The second-order valence-electron chi connectivity index (χ2n) is 5.82. The number of piperidine rings is 1. The van der Waals surface area contributed by atoms with Gasteiger partial charge in [-0.1, -0.05) is 6.42 Å². The lowest BCUT2D eigenvalue weighted by Gasteiger charge is -2.31. The number of hydrogen-bond acceptors (Lipinski definition) is 5. The van der Waals surface area contributed by atoms with Gasteiger partial charge < -0.3 is 15.3 Å². The summed E-state index contributed by atoms with van der Waals surface area (Å²) in [7, 11) is 0. The van der Waals surface area contributed by atoms with Crippen LogP contribution in [0, 0.1) is 5.92 Å². The molecule has 1 aliphatic rings. The van der Waals surface area contributed by atoms with E-state index in [0.29, 0.717) is 13.0 Å². The van der Waals surface area contributed by atoms with Gasteiger partial charge in [0.15, 0.2) is 0 Å². The van der Waals surface area contributed by atoms with Crippen LogP contribution >= 0.6 is 0 Å². The SMILES string of the molecule is O=C(O)CCCCCNC(=O)C1CCN(c2cnccn2)CC1. The number of nitrogens with one attached hydrogen (secondary N) is 1. The Morgan fingerprint density at radius 3 is 2.65 bits per heavy atom. The molecular weight excluding hydrogens is 296 g/mol. The van der Waals surface area contributed by atoms with Crippen LogP contribution in [-0.2, 0) is 9.59 Å². The molecular formula is C16H24N4O3. The van der Waals surface area contributed by atoms with Gasteiger partial charge in [-0.3, -0.25) is 14.6 Å². The zero-order chi connectivity index (χ0) is 16.5. The van der Waals surface area contributed by atoms with Crippen molar-refractivity contribution in [1.29, 1.82) is 0 Å². The molecule has 1 fully saturated rings. The highest BCUT2D eigenvalue weighted by molar-refractivity contribution is 5.78. The Morgan fingerprint density at radius 2 is 2.00 bits per heavy atom. The van der Waals surface area contributed by atoms with E-state index in [2.05, 4.69) is 20.2 Å². The minimum Gasteiger partial charge on any atom is -0.481 e. The summed E-state index contributed by atoms with van der Waals surface area (Å²) < 4.78 is 0. The number of amides is 1. The summed E-state index contributed by atoms with van der Waals surface area (Å²) in [5.41, 5.74) is 0. The van der Waals surface area contributed by atoms with Crippen molar-refractivity contribution in [2.24, 2.45) is 5.92 Å². The van der Waals surface area contributed by atoms with Gasteiger partial charge in [0.1, 0.15) is 5.82 Å². The zero-order valence-corrected chi connectivity index (χ0v) is 13.3. The first-order valence-electron chi connectivity index (χ1n) is 8.17. The molecule has 0 atom stereocenters. The second-order valence-corrected chi connectivity index (χ2v) is 5.82. The molecule has 126 valence electrons. The van der Waals surface area contributed by atoms with Gasteiger partial charge in [-0.15, -0.1) is 0 Å². The monoisotopic (exact) mass is 320 g/mol. The number of carbonyl (C=O) groups excluding carboxylic acids is 1. The third-order valence-corrected chi connectivity index (χ3v) is 4.11. The van der Waals surface area contributed by atoms with E-state index in [-0.39, 0.29) is 18.2 Å². The van der Waals surface area contributed by atoms with Crippen LogP contribution in [0.2, 0.25) is 0 Å². The smallest absolute Gasteiger partial charge is 0.303 e. The molecule has 0 spiro atoms. The molecule has 1 aromatic rings. The van der Waals surface area contributed by atoms with Gasteiger partial charge in [-0.2, -0.15) is 0 Å². The number of rotatable bonds is 8. The molecule has 0 aliphatic carbocycles. The molecule has 2 rings (SSSR count). The molecule has 2 N–H and O–H groups in total. The van der Waals surface area contributed by atoms with Crippen LogP contribution in [0.3, 0.4) is 0 Å². The number of carbonyl (C=O) groups is 2. The van der Waals surface area contributed by atoms with E-state index in [1.54, 1.807) is 18.6 Å². The molecule has 1 aromatic heterocycles. The second kappa shape index (κ2) is 9.07. The molecule has 2 heterocycles. The molecule has 0 radical (unpaired) electrons. The van der Waals surface area contributed by atoms with Crippen molar-refractivity contribution >= 4 is 17.7 Å². The maximum absolute atomic E-state index is 12.1. The van der Waals surface area contributed by atoms with E-state index >= 15 is 0 Å². The van der Waals surface area contributed by atoms with E-state index in [1.165, 1.54) is 0 Å². The van der Waals surface area contributed by atoms with E-state index in [1.807, 2.05) is 0 Å². The summed E-state index contributed by atoms with van der Waals surface area (Å²) in [6.45, 7) is 2.26. The van der Waals surface area contributed by atoms with Gasteiger partial charge in [0.05, 0.1) is 6.20 Å². The van der Waals surface area contributed by atoms with E-state index < -0.39 is 5.97 Å². The number of anilines is 1. The first-order chi connectivity index (χ1) is 11.2. The maximum Gasteiger partial charge on any atom is 0.303 e. The minimum atomic E-state index is -0.760. The summed E-state index contributed by atoms with van der Waals surface area (Å²) in [6.07, 6.45) is 9.25. The van der Waals surface area contributed by atoms with Gasteiger partial charge in [0, 0.05) is 44.4 Å². The molecule has 1 saturated heterocycles. The largest absolute Gasteiger partial charge is 0.481 e. The first kappa shape index (κ1) is 17.2. The minimum absolute atomic E-state index is 0.0574. The summed E-state index contributed by atoms with van der Waals surface area (Å²) in [4.78, 5) is 33.0. The quantitative estimate of drug-likeness (QED) is 0.704. The zero-order valence-electron chi connectivity index (χ0n) is 13.3. The number of nitrogens with zero attached hydrogens (tertiary/aromatic N) is 3. The number of aliphatic carboxylic acids is 1. The van der Waals surface area contributed by atoms with Crippen LogP contribution in [0.5, 0.6) is 0 Å². The fraction of sp³-hybridized carbons (Fsp3) is 0.625. The molecule has 7 nitrogen and oxygen atoms in total. The lowest BCUT2D eigenvalue weighted by atomic mass is 9.96. The number of aromatic nitrogens is 2. The van der Waals surface area contributed by atoms with Crippen molar-refractivity contribution in [2.45, 2.75) is 38.5 Å². The lowest BCUT2D eigenvalue weighted by molar-refractivity contribution is -0.137. The maximum atomic E-state index is 12.1. The fourth-order valence-electron chi connectivity index (χ4n) is 2.76. The van der Waals surface area contributed by atoms with Gasteiger partial charge >= 0.3 is 5.97 Å². The Labute approximate surface area is 136 Å². The predicted octanol–water partition coefficient (Wildman–Crippen LogP) is 1.45.